The molecule has 134 valence electrons. The van der Waals surface area contributed by atoms with Gasteiger partial charge in [-0.25, -0.2) is 0 Å². The highest BCUT2D eigenvalue weighted by Crippen LogP contribution is 2.21. The third kappa shape index (κ3) is 4.24. The van der Waals surface area contributed by atoms with Crippen LogP contribution in [0.25, 0.3) is 10.8 Å². The number of ether oxygens (including phenoxy) is 1. The van der Waals surface area contributed by atoms with Gasteiger partial charge >= 0.3 is 5.97 Å². The van der Waals surface area contributed by atoms with Crippen LogP contribution in [-0.4, -0.2) is 18.6 Å². The van der Waals surface area contributed by atoms with Gasteiger partial charge in [-0.3, -0.25) is 10.1 Å². The molecule has 3 aromatic carbocycles. The highest BCUT2D eigenvalue weighted by molar-refractivity contribution is 6.30. The van der Waals surface area contributed by atoms with E-state index in [4.69, 9.17) is 16.3 Å². The van der Waals surface area contributed by atoms with Gasteiger partial charge in [0, 0.05) is 18.0 Å². The third-order valence-electron chi connectivity index (χ3n) is 4.60. The summed E-state index contributed by atoms with van der Waals surface area (Å²) in [5.74, 6) is -0.278. The summed E-state index contributed by atoms with van der Waals surface area (Å²) in [5, 5.41) is 6.40. The average molecular weight is 368 g/mol. The Bertz CT molecular complexity index is 907. The molecule has 0 fully saturated rings. The van der Waals surface area contributed by atoms with E-state index in [1.807, 2.05) is 43.3 Å². The van der Waals surface area contributed by atoms with Gasteiger partial charge in [0.2, 0.25) is 0 Å². The molecule has 0 aliphatic carbocycles. The number of carbonyl (C=O) groups excluding carboxylic acids is 1. The van der Waals surface area contributed by atoms with Crippen LogP contribution in [0, 0.1) is 0 Å². The standard InChI is InChI=1S/C22H22ClNO2/c1-22(21(25)26-2,24-15-16-8-11-20(23)12-9-16)14-17-7-10-18-5-3-4-6-19(18)13-17/h3-13,24H,14-15H2,1-2H3/t22-/m0/s1. The van der Waals surface area contributed by atoms with E-state index in [-0.39, 0.29) is 5.97 Å². The number of carbonyl (C=O) groups is 1. The monoisotopic (exact) mass is 367 g/mol. The minimum absolute atomic E-state index is 0.278. The molecule has 26 heavy (non-hydrogen) atoms. The molecule has 0 saturated heterocycles. The van der Waals surface area contributed by atoms with Crippen LogP contribution < -0.4 is 5.32 Å². The molecule has 0 aromatic heterocycles. The topological polar surface area (TPSA) is 38.3 Å². The molecule has 0 aliphatic heterocycles. The number of rotatable bonds is 6. The Morgan fingerprint density at radius 3 is 2.35 bits per heavy atom. The summed E-state index contributed by atoms with van der Waals surface area (Å²) in [4.78, 5) is 12.5. The Hall–Kier alpha value is -2.36. The molecule has 4 heteroatoms. The average Bonchev–Trinajstić information content (AvgIpc) is 2.67. The first-order valence-corrected chi connectivity index (χ1v) is 8.93. The lowest BCUT2D eigenvalue weighted by Crippen LogP contribution is -2.51. The molecule has 0 aliphatic rings. The van der Waals surface area contributed by atoms with Crippen molar-refractivity contribution in [2.24, 2.45) is 0 Å². The minimum Gasteiger partial charge on any atom is -0.468 e. The maximum Gasteiger partial charge on any atom is 0.326 e. The molecule has 3 aromatic rings. The summed E-state index contributed by atoms with van der Waals surface area (Å²) in [7, 11) is 1.42. The second kappa shape index (κ2) is 7.90. The van der Waals surface area contributed by atoms with Crippen molar-refractivity contribution in [3.05, 3.63) is 82.9 Å². The van der Waals surface area contributed by atoms with Crippen molar-refractivity contribution >= 4 is 28.3 Å². The highest BCUT2D eigenvalue weighted by Gasteiger charge is 2.34. The minimum atomic E-state index is -0.823. The van der Waals surface area contributed by atoms with Crippen molar-refractivity contribution in [2.45, 2.75) is 25.4 Å². The predicted molar refractivity (Wildman–Crippen MR) is 106 cm³/mol. The molecule has 0 spiro atoms. The summed E-state index contributed by atoms with van der Waals surface area (Å²) in [6, 6.07) is 22.1. The maximum atomic E-state index is 12.5. The summed E-state index contributed by atoms with van der Waals surface area (Å²) < 4.78 is 5.06. The maximum absolute atomic E-state index is 12.5. The van der Waals surface area contributed by atoms with Crippen LogP contribution in [0.2, 0.25) is 5.02 Å². The summed E-state index contributed by atoms with van der Waals surface area (Å²) in [5.41, 5.74) is 1.32. The van der Waals surface area contributed by atoms with Gasteiger partial charge in [-0.2, -0.15) is 0 Å². The first kappa shape index (κ1) is 18.4. The number of halogens is 1. The van der Waals surface area contributed by atoms with Crippen molar-refractivity contribution < 1.29 is 9.53 Å². The van der Waals surface area contributed by atoms with Gasteiger partial charge in [0.05, 0.1) is 7.11 Å². The van der Waals surface area contributed by atoms with Crippen LogP contribution in [0.15, 0.2) is 66.7 Å². The Kier molecular flexibility index (Phi) is 5.60. The first-order chi connectivity index (χ1) is 12.5. The summed E-state index contributed by atoms with van der Waals surface area (Å²) in [6.07, 6.45) is 0.540. The SMILES string of the molecule is COC(=O)[C@](C)(Cc1ccc2ccccc2c1)NCc1ccc(Cl)cc1. The van der Waals surface area contributed by atoms with Gasteiger partial charge in [0.25, 0.3) is 0 Å². The number of hydrogen-bond acceptors (Lipinski definition) is 3. The molecule has 3 nitrogen and oxygen atoms in total. The molecular formula is C22H22ClNO2. The summed E-state index contributed by atoms with van der Waals surface area (Å²) >= 11 is 5.94. The van der Waals surface area contributed by atoms with E-state index in [1.165, 1.54) is 12.5 Å². The Morgan fingerprint density at radius 1 is 1.00 bits per heavy atom. The van der Waals surface area contributed by atoms with Crippen molar-refractivity contribution in [3.8, 4) is 0 Å². The molecule has 0 heterocycles. The van der Waals surface area contributed by atoms with Crippen LogP contribution in [0.4, 0.5) is 0 Å². The molecule has 1 atom stereocenters. The second-order valence-corrected chi connectivity index (χ2v) is 7.10. The number of hydrogen-bond donors (Lipinski definition) is 1. The number of nitrogens with one attached hydrogen (secondary N) is 1. The fourth-order valence-electron chi connectivity index (χ4n) is 3.09. The van der Waals surface area contributed by atoms with E-state index in [9.17, 15) is 4.79 Å². The molecule has 0 saturated carbocycles. The number of esters is 1. The zero-order valence-corrected chi connectivity index (χ0v) is 15.7. The van der Waals surface area contributed by atoms with E-state index in [0.29, 0.717) is 18.0 Å². The molecule has 1 N–H and O–H groups in total. The lowest BCUT2D eigenvalue weighted by molar-refractivity contribution is -0.148. The van der Waals surface area contributed by atoms with Crippen molar-refractivity contribution in [2.75, 3.05) is 7.11 Å². The van der Waals surface area contributed by atoms with Crippen molar-refractivity contribution in [3.63, 3.8) is 0 Å². The van der Waals surface area contributed by atoms with Gasteiger partial charge in [-0.15, -0.1) is 0 Å². The second-order valence-electron chi connectivity index (χ2n) is 6.66. The zero-order valence-electron chi connectivity index (χ0n) is 15.0. The first-order valence-electron chi connectivity index (χ1n) is 8.56. The Labute approximate surface area is 158 Å². The highest BCUT2D eigenvalue weighted by atomic mass is 35.5. The molecular weight excluding hydrogens is 346 g/mol. The predicted octanol–water partition coefficient (Wildman–Crippen LogP) is 4.76. The van der Waals surface area contributed by atoms with Gasteiger partial charge in [-0.1, -0.05) is 66.2 Å². The van der Waals surface area contributed by atoms with Gasteiger partial charge in [0.1, 0.15) is 5.54 Å². The molecule has 0 bridgehead atoms. The van der Waals surface area contributed by atoms with E-state index >= 15 is 0 Å². The van der Waals surface area contributed by atoms with Crippen LogP contribution in [0.5, 0.6) is 0 Å². The third-order valence-corrected chi connectivity index (χ3v) is 4.86. The van der Waals surface area contributed by atoms with Crippen LogP contribution in [-0.2, 0) is 22.5 Å². The Balaban J connectivity index is 1.81. The number of methoxy groups -OCH3 is 1. The largest absolute Gasteiger partial charge is 0.468 e. The van der Waals surface area contributed by atoms with Gasteiger partial charge < -0.3 is 4.74 Å². The smallest absolute Gasteiger partial charge is 0.326 e. The van der Waals surface area contributed by atoms with Crippen molar-refractivity contribution in [1.29, 1.82) is 0 Å². The fraction of sp³-hybridized carbons (Fsp3) is 0.227. The molecule has 0 radical (unpaired) electrons. The van der Waals surface area contributed by atoms with Crippen LogP contribution in [0.1, 0.15) is 18.1 Å². The Morgan fingerprint density at radius 2 is 1.65 bits per heavy atom. The number of benzene rings is 3. The van der Waals surface area contributed by atoms with Gasteiger partial charge in [-0.05, 0) is 41.0 Å². The van der Waals surface area contributed by atoms with E-state index < -0.39 is 5.54 Å². The van der Waals surface area contributed by atoms with E-state index in [2.05, 4.69) is 35.6 Å². The normalized spacial score (nSPS) is 13.3. The fourth-order valence-corrected chi connectivity index (χ4v) is 3.21. The lowest BCUT2D eigenvalue weighted by atomic mass is 9.91. The van der Waals surface area contributed by atoms with Crippen LogP contribution in [0.3, 0.4) is 0 Å². The molecule has 0 unspecified atom stereocenters. The van der Waals surface area contributed by atoms with Crippen LogP contribution >= 0.6 is 11.6 Å². The van der Waals surface area contributed by atoms with Gasteiger partial charge in [0.15, 0.2) is 0 Å². The van der Waals surface area contributed by atoms with E-state index in [0.717, 1.165) is 16.5 Å². The molecule has 0 amide bonds. The zero-order chi connectivity index (χ0) is 18.6. The van der Waals surface area contributed by atoms with E-state index in [1.54, 1.807) is 0 Å². The summed E-state index contributed by atoms with van der Waals surface area (Å²) in [6.45, 7) is 2.43. The lowest BCUT2D eigenvalue weighted by Gasteiger charge is -2.28. The molecule has 3 rings (SSSR count). The quantitative estimate of drug-likeness (QED) is 0.638. The van der Waals surface area contributed by atoms with Crippen molar-refractivity contribution in [1.82, 2.24) is 5.32 Å². The number of fused-ring (bicyclic) bond motifs is 1.